The summed E-state index contributed by atoms with van der Waals surface area (Å²) in [5.41, 5.74) is 1.28. The van der Waals surface area contributed by atoms with Gasteiger partial charge in [-0.2, -0.15) is 11.8 Å². The highest BCUT2D eigenvalue weighted by Crippen LogP contribution is 2.24. The molecule has 1 aromatic carbocycles. The highest BCUT2D eigenvalue weighted by Gasteiger charge is 2.23. The number of phenols is 1. The third-order valence-electron chi connectivity index (χ3n) is 3.06. The number of carbonyl (C=O) groups is 1. The molecular weight excluding hydrogens is 234 g/mol. The summed E-state index contributed by atoms with van der Waals surface area (Å²) in [6, 6.07) is 5.11. The van der Waals surface area contributed by atoms with Gasteiger partial charge in [0.15, 0.2) is 0 Å². The minimum absolute atomic E-state index is 0.0329. The number of nitrogens with zero attached hydrogens (tertiary/aromatic N) is 1. The maximum atomic E-state index is 12.3. The fourth-order valence-corrected chi connectivity index (χ4v) is 3.04. The first-order valence-corrected chi connectivity index (χ1v) is 6.84. The van der Waals surface area contributed by atoms with Crippen molar-refractivity contribution < 1.29 is 9.90 Å². The second-order valence-electron chi connectivity index (χ2n) is 4.38. The third kappa shape index (κ3) is 2.57. The maximum Gasteiger partial charge on any atom is 0.254 e. The molecule has 1 fully saturated rings. The second kappa shape index (κ2) is 5.00. The first-order valence-electron chi connectivity index (χ1n) is 5.79. The van der Waals surface area contributed by atoms with Crippen molar-refractivity contribution in [3.63, 3.8) is 0 Å². The molecule has 92 valence electrons. The molecule has 1 aliphatic heterocycles. The van der Waals surface area contributed by atoms with Gasteiger partial charge in [-0.05, 0) is 19.1 Å². The fraction of sp³-hybridized carbons (Fsp3) is 0.462. The van der Waals surface area contributed by atoms with Crippen LogP contribution >= 0.6 is 11.8 Å². The van der Waals surface area contributed by atoms with Crippen LogP contribution in [-0.4, -0.2) is 40.0 Å². The van der Waals surface area contributed by atoms with Crippen molar-refractivity contribution in [2.45, 2.75) is 19.1 Å². The molecule has 1 amide bonds. The van der Waals surface area contributed by atoms with E-state index in [-0.39, 0.29) is 11.7 Å². The summed E-state index contributed by atoms with van der Waals surface area (Å²) in [6.45, 7) is 5.51. The summed E-state index contributed by atoms with van der Waals surface area (Å²) in [7, 11) is 0. The van der Waals surface area contributed by atoms with E-state index in [4.69, 9.17) is 0 Å². The van der Waals surface area contributed by atoms with Crippen LogP contribution in [0.2, 0.25) is 0 Å². The summed E-state index contributed by atoms with van der Waals surface area (Å²) >= 11 is 1.90. The van der Waals surface area contributed by atoms with Crippen LogP contribution in [0.4, 0.5) is 0 Å². The lowest BCUT2D eigenvalue weighted by molar-refractivity contribution is 0.0762. The highest BCUT2D eigenvalue weighted by atomic mass is 32.2. The SMILES string of the molecule is Cc1c(O)cccc1C(=O)N1CCSC(C)C1. The molecule has 0 aliphatic carbocycles. The van der Waals surface area contributed by atoms with Crippen molar-refractivity contribution in [1.29, 1.82) is 0 Å². The van der Waals surface area contributed by atoms with Gasteiger partial charge in [0, 0.05) is 35.2 Å². The van der Waals surface area contributed by atoms with Gasteiger partial charge in [-0.25, -0.2) is 0 Å². The molecule has 17 heavy (non-hydrogen) atoms. The van der Waals surface area contributed by atoms with Gasteiger partial charge in [-0.3, -0.25) is 4.79 Å². The van der Waals surface area contributed by atoms with Crippen LogP contribution in [0.3, 0.4) is 0 Å². The zero-order chi connectivity index (χ0) is 12.4. The average molecular weight is 251 g/mol. The largest absolute Gasteiger partial charge is 0.508 e. The number of hydrogen-bond donors (Lipinski definition) is 1. The summed E-state index contributed by atoms with van der Waals surface area (Å²) < 4.78 is 0. The molecule has 4 heteroatoms. The predicted octanol–water partition coefficient (Wildman–Crippen LogP) is 2.28. The van der Waals surface area contributed by atoms with Crippen molar-refractivity contribution in [2.24, 2.45) is 0 Å². The standard InChI is InChI=1S/C13H17NO2S/c1-9-8-14(6-7-17-9)13(16)11-4-3-5-12(15)10(11)2/h3-5,9,15H,6-8H2,1-2H3. The molecule has 1 aliphatic rings. The van der Waals surface area contributed by atoms with E-state index in [0.29, 0.717) is 16.4 Å². The van der Waals surface area contributed by atoms with Gasteiger partial charge in [0.05, 0.1) is 0 Å². The fourth-order valence-electron chi connectivity index (χ4n) is 2.03. The van der Waals surface area contributed by atoms with Crippen LogP contribution in [0.25, 0.3) is 0 Å². The molecule has 1 unspecified atom stereocenters. The van der Waals surface area contributed by atoms with E-state index in [1.807, 2.05) is 16.7 Å². The molecule has 2 rings (SSSR count). The Morgan fingerprint density at radius 2 is 2.29 bits per heavy atom. The van der Waals surface area contributed by atoms with Gasteiger partial charge in [0.2, 0.25) is 0 Å². The van der Waals surface area contributed by atoms with E-state index >= 15 is 0 Å². The second-order valence-corrected chi connectivity index (χ2v) is 5.93. The van der Waals surface area contributed by atoms with Crippen LogP contribution in [0.15, 0.2) is 18.2 Å². The topological polar surface area (TPSA) is 40.5 Å². The van der Waals surface area contributed by atoms with Gasteiger partial charge in [-0.15, -0.1) is 0 Å². The van der Waals surface area contributed by atoms with Crippen molar-refractivity contribution in [3.8, 4) is 5.75 Å². The number of carbonyl (C=O) groups excluding carboxylic acids is 1. The predicted molar refractivity (Wildman–Crippen MR) is 70.7 cm³/mol. The normalized spacial score (nSPS) is 20.4. The third-order valence-corrected chi connectivity index (χ3v) is 4.20. The van der Waals surface area contributed by atoms with E-state index in [1.54, 1.807) is 25.1 Å². The summed E-state index contributed by atoms with van der Waals surface area (Å²) in [5.74, 6) is 1.21. The Labute approximate surface area is 106 Å². The van der Waals surface area contributed by atoms with Gasteiger partial charge in [-0.1, -0.05) is 13.0 Å². The van der Waals surface area contributed by atoms with E-state index in [1.165, 1.54) is 0 Å². The number of amides is 1. The number of rotatable bonds is 1. The molecule has 1 N–H and O–H groups in total. The molecule has 1 atom stereocenters. The number of hydrogen-bond acceptors (Lipinski definition) is 3. The number of aromatic hydroxyl groups is 1. The van der Waals surface area contributed by atoms with Crippen LogP contribution < -0.4 is 0 Å². The lowest BCUT2D eigenvalue weighted by atomic mass is 10.1. The van der Waals surface area contributed by atoms with Crippen molar-refractivity contribution in [3.05, 3.63) is 29.3 Å². The van der Waals surface area contributed by atoms with E-state index in [0.717, 1.165) is 18.8 Å². The molecule has 1 heterocycles. The molecule has 0 radical (unpaired) electrons. The summed E-state index contributed by atoms with van der Waals surface area (Å²) in [4.78, 5) is 14.2. The molecule has 0 aromatic heterocycles. The Bertz CT molecular complexity index is 433. The first kappa shape index (κ1) is 12.3. The van der Waals surface area contributed by atoms with Gasteiger partial charge in [0.1, 0.15) is 5.75 Å². The minimum atomic E-state index is 0.0329. The van der Waals surface area contributed by atoms with E-state index in [9.17, 15) is 9.90 Å². The molecule has 0 bridgehead atoms. The van der Waals surface area contributed by atoms with Crippen molar-refractivity contribution in [2.75, 3.05) is 18.8 Å². The first-order chi connectivity index (χ1) is 8.09. The summed E-state index contributed by atoms with van der Waals surface area (Å²) in [6.07, 6.45) is 0. The Morgan fingerprint density at radius 1 is 1.53 bits per heavy atom. The molecule has 3 nitrogen and oxygen atoms in total. The Kier molecular flexibility index (Phi) is 3.62. The lowest BCUT2D eigenvalue weighted by Gasteiger charge is -2.31. The molecule has 1 saturated heterocycles. The van der Waals surface area contributed by atoms with Crippen LogP contribution in [0, 0.1) is 6.92 Å². The Balaban J connectivity index is 2.22. The van der Waals surface area contributed by atoms with Crippen molar-refractivity contribution >= 4 is 17.7 Å². The summed E-state index contributed by atoms with van der Waals surface area (Å²) in [5, 5.41) is 10.1. The molecular formula is C13H17NO2S. The number of benzene rings is 1. The smallest absolute Gasteiger partial charge is 0.254 e. The lowest BCUT2D eigenvalue weighted by Crippen LogP contribution is -2.41. The highest BCUT2D eigenvalue weighted by molar-refractivity contribution is 7.99. The van der Waals surface area contributed by atoms with E-state index < -0.39 is 0 Å². The number of thioether (sulfide) groups is 1. The number of phenolic OH excluding ortho intramolecular Hbond substituents is 1. The van der Waals surface area contributed by atoms with Crippen LogP contribution in [0.5, 0.6) is 5.75 Å². The zero-order valence-electron chi connectivity index (χ0n) is 10.1. The maximum absolute atomic E-state index is 12.3. The monoisotopic (exact) mass is 251 g/mol. The van der Waals surface area contributed by atoms with E-state index in [2.05, 4.69) is 6.92 Å². The molecule has 0 spiro atoms. The van der Waals surface area contributed by atoms with Gasteiger partial charge >= 0.3 is 0 Å². The molecule has 1 aromatic rings. The van der Waals surface area contributed by atoms with Gasteiger partial charge < -0.3 is 10.0 Å². The Morgan fingerprint density at radius 3 is 3.00 bits per heavy atom. The van der Waals surface area contributed by atoms with Crippen LogP contribution in [-0.2, 0) is 0 Å². The van der Waals surface area contributed by atoms with Crippen LogP contribution in [0.1, 0.15) is 22.8 Å². The Hall–Kier alpha value is -1.16. The average Bonchev–Trinajstić information content (AvgIpc) is 2.32. The zero-order valence-corrected chi connectivity index (χ0v) is 11.0. The van der Waals surface area contributed by atoms with Crippen molar-refractivity contribution in [1.82, 2.24) is 4.90 Å². The van der Waals surface area contributed by atoms with Gasteiger partial charge in [0.25, 0.3) is 5.91 Å². The quantitative estimate of drug-likeness (QED) is 0.832. The minimum Gasteiger partial charge on any atom is -0.508 e. The molecule has 0 saturated carbocycles.